The zero-order valence-corrected chi connectivity index (χ0v) is 37.7. The van der Waals surface area contributed by atoms with Gasteiger partial charge in [-0.1, -0.05) is 77.0 Å². The highest BCUT2D eigenvalue weighted by molar-refractivity contribution is 7.80. The monoisotopic (exact) mass is 908 g/mol. The maximum absolute atomic E-state index is 12.3. The normalized spacial score (nSPS) is 12.0. The number of hydrogen-bond donors (Lipinski definition) is 9. The maximum atomic E-state index is 12.3. The first-order chi connectivity index (χ1) is 30.0. The van der Waals surface area contributed by atoms with Crippen molar-refractivity contribution in [1.29, 1.82) is 0 Å². The highest BCUT2D eigenvalue weighted by Crippen LogP contribution is 2.14. The number of ether oxygens (including phenoxy) is 4. The van der Waals surface area contributed by atoms with E-state index in [1.54, 1.807) is 0 Å². The molecule has 0 radical (unpaired) electrons. The van der Waals surface area contributed by atoms with Gasteiger partial charge < -0.3 is 55.5 Å². The SMILES string of the molecule is O=C(O)CCCCCCCCCCCCCCCCC(=O)NC(CCC(=O)NCCOCCOCC(=O)NCCOCCOCC(=O)NCCCCC(NCS)C(=O)O)C(=O)O. The molecule has 62 heavy (non-hydrogen) atoms. The van der Waals surface area contributed by atoms with E-state index < -0.39 is 30.0 Å². The van der Waals surface area contributed by atoms with Gasteiger partial charge in [0.05, 0.1) is 39.6 Å². The van der Waals surface area contributed by atoms with Gasteiger partial charge in [0.25, 0.3) is 0 Å². The summed E-state index contributed by atoms with van der Waals surface area (Å²) < 4.78 is 21.3. The lowest BCUT2D eigenvalue weighted by Gasteiger charge is -2.14. The Morgan fingerprint density at radius 3 is 1.32 bits per heavy atom. The number of amides is 4. The van der Waals surface area contributed by atoms with Crippen molar-refractivity contribution in [2.24, 2.45) is 0 Å². The van der Waals surface area contributed by atoms with E-state index in [9.17, 15) is 38.7 Å². The highest BCUT2D eigenvalue weighted by Gasteiger charge is 2.21. The number of carbonyl (C=O) groups excluding carboxylic acids is 4. The van der Waals surface area contributed by atoms with Gasteiger partial charge in [-0.05, 0) is 38.5 Å². The lowest BCUT2D eigenvalue weighted by atomic mass is 10.0. The molecule has 0 saturated carbocycles. The third kappa shape index (κ3) is 40.5. The van der Waals surface area contributed by atoms with Gasteiger partial charge in [-0.2, -0.15) is 12.6 Å². The third-order valence-corrected chi connectivity index (χ3v) is 9.75. The van der Waals surface area contributed by atoms with Crippen LogP contribution in [0.1, 0.15) is 135 Å². The number of thiol groups is 1. The van der Waals surface area contributed by atoms with Gasteiger partial charge in [0, 0.05) is 44.8 Å². The molecule has 0 bridgehead atoms. The molecule has 0 aliphatic rings. The molecular formula is C42H77N5O14S. The number of rotatable bonds is 46. The highest BCUT2D eigenvalue weighted by atomic mass is 32.1. The van der Waals surface area contributed by atoms with Crippen molar-refractivity contribution >= 4 is 54.2 Å². The summed E-state index contributed by atoms with van der Waals surface area (Å²) >= 11 is 3.97. The minimum atomic E-state index is -1.19. The number of nitrogens with one attached hydrogen (secondary N) is 5. The van der Waals surface area contributed by atoms with Crippen LogP contribution >= 0.6 is 12.6 Å². The molecule has 2 unspecified atom stereocenters. The van der Waals surface area contributed by atoms with Gasteiger partial charge in [-0.15, -0.1) is 0 Å². The molecule has 4 amide bonds. The molecular weight excluding hydrogens is 831 g/mol. The molecule has 360 valence electrons. The zero-order valence-electron chi connectivity index (χ0n) is 36.8. The van der Waals surface area contributed by atoms with Crippen LogP contribution in [0.5, 0.6) is 0 Å². The summed E-state index contributed by atoms with van der Waals surface area (Å²) in [5.41, 5.74) is 0. The molecule has 8 N–H and O–H groups in total. The van der Waals surface area contributed by atoms with Gasteiger partial charge in [0.15, 0.2) is 0 Å². The van der Waals surface area contributed by atoms with Crippen LogP contribution in [0.3, 0.4) is 0 Å². The number of aliphatic carboxylic acids is 3. The lowest BCUT2D eigenvalue weighted by molar-refractivity contribution is -0.142. The van der Waals surface area contributed by atoms with Crippen LogP contribution in [0.15, 0.2) is 0 Å². The minimum Gasteiger partial charge on any atom is -0.481 e. The first kappa shape index (κ1) is 58.4. The lowest BCUT2D eigenvalue weighted by Crippen LogP contribution is -2.41. The Morgan fingerprint density at radius 2 is 0.855 bits per heavy atom. The van der Waals surface area contributed by atoms with E-state index in [4.69, 9.17) is 29.2 Å². The number of hydrogen-bond acceptors (Lipinski definition) is 13. The Morgan fingerprint density at radius 1 is 0.419 bits per heavy atom. The fraction of sp³-hybridized carbons (Fsp3) is 0.833. The Bertz CT molecular complexity index is 1220. The fourth-order valence-corrected chi connectivity index (χ4v) is 6.31. The second-order valence-electron chi connectivity index (χ2n) is 15.0. The zero-order chi connectivity index (χ0) is 45.9. The Hall–Kier alpha value is -3.56. The minimum absolute atomic E-state index is 0.0318. The smallest absolute Gasteiger partial charge is 0.326 e. The molecule has 0 heterocycles. The topological polar surface area (TPSA) is 277 Å². The summed E-state index contributed by atoms with van der Waals surface area (Å²) in [6, 6.07) is -1.80. The van der Waals surface area contributed by atoms with Crippen LogP contribution in [-0.2, 0) is 52.5 Å². The van der Waals surface area contributed by atoms with Gasteiger partial charge >= 0.3 is 17.9 Å². The molecule has 0 aliphatic carbocycles. The predicted octanol–water partition coefficient (Wildman–Crippen LogP) is 3.18. The molecule has 19 nitrogen and oxygen atoms in total. The van der Waals surface area contributed by atoms with Crippen LogP contribution in [-0.4, -0.2) is 147 Å². The van der Waals surface area contributed by atoms with Crippen LogP contribution in [0, 0.1) is 0 Å². The van der Waals surface area contributed by atoms with E-state index in [1.165, 1.54) is 38.5 Å². The van der Waals surface area contributed by atoms with Crippen molar-refractivity contribution in [2.45, 2.75) is 147 Å². The van der Waals surface area contributed by atoms with Crippen molar-refractivity contribution in [3.05, 3.63) is 0 Å². The summed E-state index contributed by atoms with van der Waals surface area (Å²) in [5.74, 6) is -3.87. The summed E-state index contributed by atoms with van der Waals surface area (Å²) in [5, 5.41) is 40.5. The van der Waals surface area contributed by atoms with E-state index in [0.29, 0.717) is 32.2 Å². The van der Waals surface area contributed by atoms with Crippen LogP contribution in [0.2, 0.25) is 0 Å². The molecule has 0 aromatic rings. The average Bonchev–Trinajstić information content (AvgIpc) is 3.23. The van der Waals surface area contributed by atoms with Crippen molar-refractivity contribution in [1.82, 2.24) is 26.6 Å². The van der Waals surface area contributed by atoms with E-state index in [2.05, 4.69) is 39.2 Å². The van der Waals surface area contributed by atoms with Crippen LogP contribution < -0.4 is 26.6 Å². The van der Waals surface area contributed by atoms with Crippen molar-refractivity contribution in [2.75, 3.05) is 78.4 Å². The molecule has 0 aromatic heterocycles. The van der Waals surface area contributed by atoms with E-state index in [1.807, 2.05) is 0 Å². The predicted molar refractivity (Wildman–Crippen MR) is 235 cm³/mol. The number of carbonyl (C=O) groups is 7. The Balaban J connectivity index is 3.66. The fourth-order valence-electron chi connectivity index (χ4n) is 6.09. The van der Waals surface area contributed by atoms with Crippen LogP contribution in [0.4, 0.5) is 0 Å². The summed E-state index contributed by atoms with van der Waals surface area (Å²) in [6.07, 6.45) is 17.1. The third-order valence-electron chi connectivity index (χ3n) is 9.56. The number of unbranched alkanes of at least 4 members (excludes halogenated alkanes) is 14. The van der Waals surface area contributed by atoms with Gasteiger partial charge in [-0.25, -0.2) is 4.79 Å². The van der Waals surface area contributed by atoms with Crippen molar-refractivity contribution < 1.29 is 67.8 Å². The number of carboxylic acids is 3. The van der Waals surface area contributed by atoms with Gasteiger partial charge in [-0.3, -0.25) is 34.1 Å². The largest absolute Gasteiger partial charge is 0.481 e. The second-order valence-corrected chi connectivity index (χ2v) is 15.3. The molecule has 0 rings (SSSR count). The standard InChI is InChI=1S/C42H77N5O14S/c48-36(21-20-35(42(56)57)47-37(49)18-13-11-9-7-5-3-1-2-4-6-8-10-12-14-19-40(52)53)44-23-25-58-27-30-61-32-39(51)45-24-26-59-28-29-60-31-38(50)43-22-16-15-17-34(41(54)55)46-33-62/h34-35,46,62H,1-33H2,(H,43,50)(H,44,48)(H,45,51)(H,47,49)(H,52,53)(H,54,55)(H,56,57). The molecule has 2 atom stereocenters. The molecule has 0 fully saturated rings. The summed E-state index contributed by atoms with van der Waals surface area (Å²) in [4.78, 5) is 81.5. The number of carboxylic acid groups (broad SMARTS) is 3. The van der Waals surface area contributed by atoms with Crippen molar-refractivity contribution in [3.63, 3.8) is 0 Å². The van der Waals surface area contributed by atoms with Gasteiger partial charge in [0.2, 0.25) is 23.6 Å². The Kier molecular flexibility index (Phi) is 40.3. The van der Waals surface area contributed by atoms with Crippen LogP contribution in [0.25, 0.3) is 0 Å². The van der Waals surface area contributed by atoms with E-state index in [-0.39, 0.29) is 121 Å². The van der Waals surface area contributed by atoms with Gasteiger partial charge in [0.1, 0.15) is 25.3 Å². The Labute approximate surface area is 373 Å². The molecule has 0 aromatic carbocycles. The molecule has 0 saturated heterocycles. The second kappa shape index (κ2) is 42.7. The van der Waals surface area contributed by atoms with E-state index in [0.717, 1.165) is 44.9 Å². The van der Waals surface area contributed by atoms with Crippen molar-refractivity contribution in [3.8, 4) is 0 Å². The van der Waals surface area contributed by atoms with E-state index >= 15 is 0 Å². The quantitative estimate of drug-likeness (QED) is 0.0241. The first-order valence-electron chi connectivity index (χ1n) is 22.4. The summed E-state index contributed by atoms with van der Waals surface area (Å²) in [6.45, 7) is 1.80. The summed E-state index contributed by atoms with van der Waals surface area (Å²) in [7, 11) is 0. The average molecular weight is 908 g/mol. The molecule has 0 spiro atoms. The molecule has 0 aliphatic heterocycles. The maximum Gasteiger partial charge on any atom is 0.326 e. The molecule has 20 heteroatoms. The first-order valence-corrected chi connectivity index (χ1v) is 23.0.